The molecule has 0 fully saturated rings. The zero-order chi connectivity index (χ0) is 49.3. The van der Waals surface area contributed by atoms with Gasteiger partial charge in [-0.2, -0.15) is 0 Å². The highest BCUT2D eigenvalue weighted by Crippen LogP contribution is 2.16. The number of hydrogen-bond donors (Lipinski definition) is 0. The Morgan fingerprint density at radius 3 is 0.941 bits per heavy atom. The van der Waals surface area contributed by atoms with Crippen LogP contribution in [-0.2, 0) is 28.6 Å². The molecule has 1 unspecified atom stereocenters. The highest BCUT2D eigenvalue weighted by Gasteiger charge is 2.19. The second-order valence-corrected chi connectivity index (χ2v) is 19.2. The van der Waals surface area contributed by atoms with Crippen molar-refractivity contribution in [3.63, 3.8) is 0 Å². The summed E-state index contributed by atoms with van der Waals surface area (Å²) in [6, 6.07) is 0. The SMILES string of the molecule is CC/C=C\C/C=C\C/C=C\C/C=C\CCCCC(=O)OCC(COC(=O)CCCCCCCCCCCCCCCCCCCCC)OC(=O)CCCCCCC/C=C\C/C=C\CCCCCC. The lowest BCUT2D eigenvalue weighted by Crippen LogP contribution is -2.30. The van der Waals surface area contributed by atoms with E-state index in [0.717, 1.165) is 109 Å². The third kappa shape index (κ3) is 53.8. The van der Waals surface area contributed by atoms with Crippen LogP contribution in [0.4, 0.5) is 0 Å². The van der Waals surface area contributed by atoms with E-state index in [9.17, 15) is 14.4 Å². The van der Waals surface area contributed by atoms with E-state index in [1.807, 2.05) is 0 Å². The maximum absolute atomic E-state index is 12.8. The third-order valence-electron chi connectivity index (χ3n) is 12.4. The van der Waals surface area contributed by atoms with Gasteiger partial charge >= 0.3 is 17.9 Å². The van der Waals surface area contributed by atoms with Gasteiger partial charge < -0.3 is 14.2 Å². The largest absolute Gasteiger partial charge is 0.462 e. The second-order valence-electron chi connectivity index (χ2n) is 19.2. The normalized spacial score (nSPS) is 12.6. The van der Waals surface area contributed by atoms with Crippen LogP contribution in [0.25, 0.3) is 0 Å². The van der Waals surface area contributed by atoms with Gasteiger partial charge in [0.15, 0.2) is 6.10 Å². The minimum absolute atomic E-state index is 0.0922. The maximum Gasteiger partial charge on any atom is 0.306 e. The molecule has 6 heteroatoms. The molecule has 0 aliphatic carbocycles. The molecule has 0 aliphatic heterocycles. The Kier molecular flexibility index (Phi) is 53.8. The van der Waals surface area contributed by atoms with Gasteiger partial charge in [0.2, 0.25) is 0 Å². The summed E-state index contributed by atoms with van der Waals surface area (Å²) in [5.74, 6) is -0.940. The molecular formula is C62H108O6. The first kappa shape index (κ1) is 64.8. The fraction of sp³-hybridized carbons (Fsp3) is 0.758. The van der Waals surface area contributed by atoms with Crippen LogP contribution in [0.3, 0.4) is 0 Å². The van der Waals surface area contributed by atoms with Crippen molar-refractivity contribution in [3.05, 3.63) is 72.9 Å². The van der Waals surface area contributed by atoms with Crippen molar-refractivity contribution in [2.45, 2.75) is 290 Å². The zero-order valence-electron chi connectivity index (χ0n) is 44.9. The van der Waals surface area contributed by atoms with Crippen LogP contribution in [0, 0.1) is 0 Å². The summed E-state index contributed by atoms with van der Waals surface area (Å²) in [4.78, 5) is 38.1. The summed E-state index contributed by atoms with van der Waals surface area (Å²) in [5, 5.41) is 0. The summed E-state index contributed by atoms with van der Waals surface area (Å²) >= 11 is 0. The molecule has 0 saturated carbocycles. The molecule has 6 nitrogen and oxygen atoms in total. The standard InChI is InChI=1S/C62H108O6/c1-4-7-10-13-16-19-22-25-28-30-31-32-35-37-40-43-46-49-52-55-61(64)67-58-59(57-66-60(63)54-51-48-45-42-39-36-33-27-24-21-18-15-12-9-6-3)68-62(65)56-53-50-47-44-41-38-34-29-26-23-20-17-14-11-8-5-2/h9,12,18,20-21,23,27,29,33-34,39,42,59H,4-8,10-11,13-17,19,22,24-26,28,30-32,35-38,40-41,43-58H2,1-3H3/b12-9-,21-18-,23-20-,33-27-,34-29-,42-39-. The number of esters is 3. The first-order valence-electron chi connectivity index (χ1n) is 28.9. The number of allylic oxidation sites excluding steroid dienone is 12. The van der Waals surface area contributed by atoms with Gasteiger partial charge in [0.25, 0.3) is 0 Å². The van der Waals surface area contributed by atoms with E-state index >= 15 is 0 Å². The van der Waals surface area contributed by atoms with Crippen LogP contribution in [0.15, 0.2) is 72.9 Å². The van der Waals surface area contributed by atoms with Crippen molar-refractivity contribution in [1.82, 2.24) is 0 Å². The lowest BCUT2D eigenvalue weighted by atomic mass is 10.0. The molecule has 0 saturated heterocycles. The summed E-state index contributed by atoms with van der Waals surface area (Å²) in [6.07, 6.45) is 71.8. The predicted molar refractivity (Wildman–Crippen MR) is 293 cm³/mol. The maximum atomic E-state index is 12.8. The molecule has 392 valence electrons. The van der Waals surface area contributed by atoms with Crippen molar-refractivity contribution in [2.75, 3.05) is 13.2 Å². The van der Waals surface area contributed by atoms with E-state index in [1.54, 1.807) is 0 Å². The van der Waals surface area contributed by atoms with Gasteiger partial charge in [-0.3, -0.25) is 14.4 Å². The summed E-state index contributed by atoms with van der Waals surface area (Å²) in [5.41, 5.74) is 0. The molecule has 0 spiro atoms. The third-order valence-corrected chi connectivity index (χ3v) is 12.4. The van der Waals surface area contributed by atoms with Gasteiger partial charge in [-0.1, -0.05) is 248 Å². The number of carbonyl (C=O) groups is 3. The number of rotatable bonds is 52. The molecule has 68 heavy (non-hydrogen) atoms. The average molecular weight is 950 g/mol. The Hall–Kier alpha value is -3.15. The van der Waals surface area contributed by atoms with E-state index in [-0.39, 0.29) is 31.1 Å². The minimum Gasteiger partial charge on any atom is -0.462 e. The van der Waals surface area contributed by atoms with Gasteiger partial charge in [-0.15, -0.1) is 0 Å². The quantitative estimate of drug-likeness (QED) is 0.0262. The fourth-order valence-electron chi connectivity index (χ4n) is 8.11. The van der Waals surface area contributed by atoms with Gasteiger partial charge in [0.1, 0.15) is 13.2 Å². The summed E-state index contributed by atoms with van der Waals surface area (Å²) in [6.45, 7) is 6.49. The van der Waals surface area contributed by atoms with Crippen molar-refractivity contribution in [3.8, 4) is 0 Å². The Morgan fingerprint density at radius 2 is 0.574 bits per heavy atom. The zero-order valence-corrected chi connectivity index (χ0v) is 44.9. The van der Waals surface area contributed by atoms with Crippen LogP contribution in [0.1, 0.15) is 284 Å². The van der Waals surface area contributed by atoms with E-state index in [4.69, 9.17) is 14.2 Å². The van der Waals surface area contributed by atoms with Gasteiger partial charge in [0, 0.05) is 19.3 Å². The molecule has 0 aromatic heterocycles. The van der Waals surface area contributed by atoms with Gasteiger partial charge in [0.05, 0.1) is 0 Å². The van der Waals surface area contributed by atoms with Crippen molar-refractivity contribution in [2.24, 2.45) is 0 Å². The van der Waals surface area contributed by atoms with Gasteiger partial charge in [-0.25, -0.2) is 0 Å². The van der Waals surface area contributed by atoms with Crippen LogP contribution < -0.4 is 0 Å². The number of carbonyl (C=O) groups excluding carboxylic acids is 3. The molecule has 0 heterocycles. The van der Waals surface area contributed by atoms with Crippen molar-refractivity contribution < 1.29 is 28.6 Å². The van der Waals surface area contributed by atoms with Crippen LogP contribution >= 0.6 is 0 Å². The van der Waals surface area contributed by atoms with E-state index in [1.165, 1.54) is 135 Å². The monoisotopic (exact) mass is 949 g/mol. The Bertz CT molecular complexity index is 1270. The minimum atomic E-state index is -0.799. The van der Waals surface area contributed by atoms with Crippen molar-refractivity contribution >= 4 is 17.9 Å². The first-order chi connectivity index (χ1) is 33.5. The molecule has 0 aliphatic rings. The van der Waals surface area contributed by atoms with E-state index in [2.05, 4.69) is 93.7 Å². The fourth-order valence-corrected chi connectivity index (χ4v) is 8.11. The molecule has 0 amide bonds. The molecule has 0 aromatic rings. The molecule has 0 N–H and O–H groups in total. The van der Waals surface area contributed by atoms with Crippen LogP contribution in [0.2, 0.25) is 0 Å². The van der Waals surface area contributed by atoms with Crippen LogP contribution in [-0.4, -0.2) is 37.2 Å². The topological polar surface area (TPSA) is 78.9 Å². The summed E-state index contributed by atoms with van der Waals surface area (Å²) < 4.78 is 16.8. The highest BCUT2D eigenvalue weighted by molar-refractivity contribution is 5.71. The smallest absolute Gasteiger partial charge is 0.306 e. The Labute approximate surface area is 421 Å². The lowest BCUT2D eigenvalue weighted by Gasteiger charge is -2.18. The first-order valence-corrected chi connectivity index (χ1v) is 28.9. The lowest BCUT2D eigenvalue weighted by molar-refractivity contribution is -0.167. The Balaban J connectivity index is 4.42. The number of ether oxygens (including phenoxy) is 3. The molecule has 0 bridgehead atoms. The highest BCUT2D eigenvalue weighted by atomic mass is 16.6. The number of hydrogen-bond acceptors (Lipinski definition) is 6. The van der Waals surface area contributed by atoms with Crippen molar-refractivity contribution in [1.29, 1.82) is 0 Å². The average Bonchev–Trinajstić information content (AvgIpc) is 3.34. The molecule has 0 rings (SSSR count). The number of unbranched alkanes of at least 4 members (excludes halogenated alkanes) is 29. The molecule has 1 atom stereocenters. The molecule has 0 aromatic carbocycles. The second kappa shape index (κ2) is 56.4. The molecular weight excluding hydrogens is 841 g/mol. The Morgan fingerprint density at radius 1 is 0.309 bits per heavy atom. The molecule has 0 radical (unpaired) electrons. The van der Waals surface area contributed by atoms with Crippen LogP contribution in [0.5, 0.6) is 0 Å². The van der Waals surface area contributed by atoms with E-state index in [0.29, 0.717) is 19.3 Å². The predicted octanol–water partition coefficient (Wildman–Crippen LogP) is 19.4. The van der Waals surface area contributed by atoms with E-state index < -0.39 is 6.10 Å². The van der Waals surface area contributed by atoms with Gasteiger partial charge in [-0.05, 0) is 89.9 Å². The summed E-state index contributed by atoms with van der Waals surface area (Å²) in [7, 11) is 0.